The van der Waals surface area contributed by atoms with Crippen molar-refractivity contribution in [2.24, 2.45) is 0 Å². The van der Waals surface area contributed by atoms with Crippen LogP contribution in [0.3, 0.4) is 0 Å². The number of hydrogen-bond donors (Lipinski definition) is 0. The standard InChI is InChI=1S/C77H73BrN2/c1-9-55(57-33-43-64(78)44-34-57)53-54(2)56-35-45-65(46-36-56)79(66-47-37-61(38-48-66)75(3,4)58-23-13-10-14-24-58)73-69-29-19-21-31-71(69)74(72-32-22-20-30-70(72)73)80(67-49-39-62(40-50-67)76(5,6)59-25-15-11-16-26-59)68-51-41-63(42-52-68)77(7,8)60-27-17-12-18-28-60/h10-52,54-55H,9,53H2,1-8H3. The van der Waals surface area contributed by atoms with Crippen LogP contribution in [-0.2, 0) is 16.2 Å². The molecule has 11 aromatic rings. The highest BCUT2D eigenvalue weighted by molar-refractivity contribution is 9.10. The fourth-order valence-corrected chi connectivity index (χ4v) is 12.6. The molecular weight excluding hydrogens is 1030 g/mol. The van der Waals surface area contributed by atoms with Crippen LogP contribution in [0.1, 0.15) is 125 Å². The first-order chi connectivity index (χ1) is 38.7. The second-order valence-electron chi connectivity index (χ2n) is 23.5. The molecule has 0 bridgehead atoms. The van der Waals surface area contributed by atoms with Gasteiger partial charge in [-0.15, -0.1) is 0 Å². The molecule has 0 spiro atoms. The summed E-state index contributed by atoms with van der Waals surface area (Å²) in [6.45, 7) is 18.7. The number of fused-ring (bicyclic) bond motifs is 2. The van der Waals surface area contributed by atoms with E-state index in [0.29, 0.717) is 11.8 Å². The van der Waals surface area contributed by atoms with Gasteiger partial charge in [-0.05, 0) is 130 Å². The zero-order valence-corrected chi connectivity index (χ0v) is 49.3. The van der Waals surface area contributed by atoms with Gasteiger partial charge in [0.1, 0.15) is 0 Å². The minimum Gasteiger partial charge on any atom is -0.309 e. The summed E-state index contributed by atoms with van der Waals surface area (Å²) in [7, 11) is 0. The highest BCUT2D eigenvalue weighted by atomic mass is 79.9. The summed E-state index contributed by atoms with van der Waals surface area (Å²) in [6.07, 6.45) is 2.17. The maximum absolute atomic E-state index is 3.65. The van der Waals surface area contributed by atoms with Crippen molar-refractivity contribution < 1.29 is 0 Å². The molecule has 3 heteroatoms. The maximum Gasteiger partial charge on any atom is 0.0619 e. The van der Waals surface area contributed by atoms with E-state index in [1.54, 1.807) is 0 Å². The van der Waals surface area contributed by atoms with Crippen molar-refractivity contribution in [2.45, 2.75) is 96.3 Å². The molecule has 0 saturated heterocycles. The van der Waals surface area contributed by atoms with Gasteiger partial charge in [0, 0.05) is 65.0 Å². The first kappa shape index (κ1) is 54.0. The van der Waals surface area contributed by atoms with Gasteiger partial charge in [0.25, 0.3) is 0 Å². The molecule has 0 aliphatic carbocycles. The van der Waals surface area contributed by atoms with Crippen LogP contribution in [0.25, 0.3) is 21.5 Å². The molecule has 0 aliphatic heterocycles. The predicted molar refractivity (Wildman–Crippen MR) is 347 cm³/mol. The Morgan fingerprint density at radius 3 is 0.887 bits per heavy atom. The Morgan fingerprint density at radius 1 is 0.325 bits per heavy atom. The van der Waals surface area contributed by atoms with E-state index in [1.165, 1.54) is 66.1 Å². The van der Waals surface area contributed by atoms with E-state index in [9.17, 15) is 0 Å². The van der Waals surface area contributed by atoms with Crippen molar-refractivity contribution in [1.82, 2.24) is 0 Å². The third-order valence-corrected chi connectivity index (χ3v) is 18.1. The Morgan fingerprint density at radius 2 is 0.588 bits per heavy atom. The molecule has 0 saturated carbocycles. The zero-order valence-electron chi connectivity index (χ0n) is 47.7. The van der Waals surface area contributed by atoms with Gasteiger partial charge in [-0.3, -0.25) is 0 Å². The highest BCUT2D eigenvalue weighted by Gasteiger charge is 2.30. The van der Waals surface area contributed by atoms with Gasteiger partial charge < -0.3 is 9.80 Å². The Hall–Kier alpha value is -7.98. The summed E-state index contributed by atoms with van der Waals surface area (Å²) in [6, 6.07) is 97.1. The molecule has 80 heavy (non-hydrogen) atoms. The van der Waals surface area contributed by atoms with E-state index >= 15 is 0 Å². The zero-order chi connectivity index (χ0) is 55.6. The minimum atomic E-state index is -0.191. The number of nitrogens with zero attached hydrogens (tertiary/aromatic N) is 2. The van der Waals surface area contributed by atoms with Gasteiger partial charge in [0.15, 0.2) is 0 Å². The lowest BCUT2D eigenvalue weighted by Gasteiger charge is -2.34. The third-order valence-electron chi connectivity index (χ3n) is 17.5. The summed E-state index contributed by atoms with van der Waals surface area (Å²) < 4.78 is 1.12. The number of halogens is 1. The van der Waals surface area contributed by atoms with Crippen LogP contribution >= 0.6 is 15.9 Å². The molecule has 398 valence electrons. The lowest BCUT2D eigenvalue weighted by atomic mass is 9.78. The molecule has 0 aromatic heterocycles. The number of rotatable bonds is 17. The summed E-state index contributed by atoms with van der Waals surface area (Å²) in [5.74, 6) is 0.844. The van der Waals surface area contributed by atoms with Crippen molar-refractivity contribution in [1.29, 1.82) is 0 Å². The third kappa shape index (κ3) is 10.5. The topological polar surface area (TPSA) is 6.48 Å². The summed E-state index contributed by atoms with van der Waals surface area (Å²) in [5.41, 5.74) is 16.6. The van der Waals surface area contributed by atoms with Gasteiger partial charge in [-0.25, -0.2) is 0 Å². The molecule has 0 amide bonds. The summed E-state index contributed by atoms with van der Waals surface area (Å²) in [4.78, 5) is 5.02. The fourth-order valence-electron chi connectivity index (χ4n) is 12.3. The number of hydrogen-bond acceptors (Lipinski definition) is 2. The van der Waals surface area contributed by atoms with Crippen LogP contribution in [-0.4, -0.2) is 0 Å². The van der Waals surface area contributed by atoms with Crippen LogP contribution in [0, 0.1) is 0 Å². The van der Waals surface area contributed by atoms with Crippen LogP contribution in [0.2, 0.25) is 0 Å². The van der Waals surface area contributed by atoms with E-state index in [1.807, 2.05) is 0 Å². The quantitative estimate of drug-likeness (QED) is 0.0662. The van der Waals surface area contributed by atoms with Gasteiger partial charge in [0.05, 0.1) is 11.4 Å². The van der Waals surface area contributed by atoms with E-state index in [0.717, 1.165) is 51.4 Å². The minimum absolute atomic E-state index is 0.190. The molecule has 0 radical (unpaired) electrons. The van der Waals surface area contributed by atoms with Crippen LogP contribution in [0.5, 0.6) is 0 Å². The average Bonchev–Trinajstić information content (AvgIpc) is 3.57. The highest BCUT2D eigenvalue weighted by Crippen LogP contribution is 2.52. The second-order valence-corrected chi connectivity index (χ2v) is 24.4. The molecule has 11 aromatic carbocycles. The van der Waals surface area contributed by atoms with Crippen molar-refractivity contribution in [3.8, 4) is 0 Å². The Labute approximate surface area is 484 Å². The molecule has 11 rings (SSSR count). The average molecular weight is 1110 g/mol. The summed E-state index contributed by atoms with van der Waals surface area (Å²) in [5, 5.41) is 4.67. The summed E-state index contributed by atoms with van der Waals surface area (Å²) >= 11 is 3.65. The van der Waals surface area contributed by atoms with Crippen LogP contribution in [0.4, 0.5) is 34.1 Å². The lowest BCUT2D eigenvalue weighted by molar-refractivity contribution is 0.544. The molecular formula is C77H73BrN2. The molecule has 2 nitrogen and oxygen atoms in total. The molecule has 2 atom stereocenters. The van der Waals surface area contributed by atoms with Gasteiger partial charge >= 0.3 is 0 Å². The molecule has 0 aliphatic rings. The lowest BCUT2D eigenvalue weighted by Crippen LogP contribution is -2.20. The monoisotopic (exact) mass is 1100 g/mol. The second kappa shape index (κ2) is 22.6. The number of benzene rings is 11. The van der Waals surface area contributed by atoms with Crippen molar-refractivity contribution in [3.05, 3.63) is 310 Å². The maximum atomic E-state index is 3.65. The largest absolute Gasteiger partial charge is 0.309 e. The first-order valence-electron chi connectivity index (χ1n) is 28.6. The van der Waals surface area contributed by atoms with E-state index < -0.39 is 0 Å². The van der Waals surface area contributed by atoms with E-state index in [4.69, 9.17) is 0 Å². The number of anilines is 6. The fraction of sp³-hybridized carbons (Fsp3) is 0.195. The normalized spacial score (nSPS) is 12.8. The van der Waals surface area contributed by atoms with Gasteiger partial charge in [-0.1, -0.05) is 272 Å². The molecule has 2 unspecified atom stereocenters. The van der Waals surface area contributed by atoms with E-state index in [-0.39, 0.29) is 16.2 Å². The Balaban J connectivity index is 1.09. The van der Waals surface area contributed by atoms with Crippen LogP contribution in [0.15, 0.2) is 265 Å². The van der Waals surface area contributed by atoms with Gasteiger partial charge in [-0.2, -0.15) is 0 Å². The van der Waals surface area contributed by atoms with E-state index in [2.05, 4.69) is 342 Å². The van der Waals surface area contributed by atoms with Crippen molar-refractivity contribution in [3.63, 3.8) is 0 Å². The molecule has 0 heterocycles. The van der Waals surface area contributed by atoms with Gasteiger partial charge in [0.2, 0.25) is 0 Å². The first-order valence-corrected chi connectivity index (χ1v) is 29.4. The van der Waals surface area contributed by atoms with Crippen LogP contribution < -0.4 is 9.80 Å². The smallest absolute Gasteiger partial charge is 0.0619 e. The Kier molecular flexibility index (Phi) is 15.3. The molecule has 0 fully saturated rings. The van der Waals surface area contributed by atoms with Crippen molar-refractivity contribution >= 4 is 71.6 Å². The van der Waals surface area contributed by atoms with Crippen molar-refractivity contribution in [2.75, 3.05) is 9.80 Å². The Bertz CT molecular complexity index is 3690. The predicted octanol–water partition coefficient (Wildman–Crippen LogP) is 22.4. The molecule has 0 N–H and O–H groups in total. The SMILES string of the molecule is CCC(CC(C)c1ccc(N(c2ccc(C(C)(C)c3ccccc3)cc2)c2c3ccccc3c(N(c3ccc(C(C)(C)c4ccccc4)cc3)c3ccc(C(C)(C)c4ccccc4)cc3)c3ccccc23)cc1)c1ccc(Br)cc1.